The maximum Gasteiger partial charge on any atom is 0.430 e. The first-order valence-corrected chi connectivity index (χ1v) is 9.64. The summed E-state index contributed by atoms with van der Waals surface area (Å²) in [5.74, 6) is -0.261. The normalized spacial score (nSPS) is 15.4. The molecule has 1 heterocycles. The molecule has 33 heavy (non-hydrogen) atoms. The van der Waals surface area contributed by atoms with Gasteiger partial charge in [0.1, 0.15) is 0 Å². The summed E-state index contributed by atoms with van der Waals surface area (Å²) in [6.45, 7) is -0.0912. The Morgan fingerprint density at radius 3 is 2.15 bits per heavy atom. The second-order valence-electron chi connectivity index (χ2n) is 7.49. The highest BCUT2D eigenvalue weighted by Gasteiger charge is 2.71. The number of allylic oxidation sites excluding steroid dienone is 1. The summed E-state index contributed by atoms with van der Waals surface area (Å²) < 4.78 is 78.4. The van der Waals surface area contributed by atoms with Gasteiger partial charge in [-0.3, -0.25) is 4.79 Å². The molecule has 0 fully saturated rings. The fraction of sp³-hybridized carbons (Fsp3) is 0.273. The molecule has 3 rings (SSSR count). The fourth-order valence-electron chi connectivity index (χ4n) is 3.66. The average molecular weight is 471 g/mol. The van der Waals surface area contributed by atoms with Crippen molar-refractivity contribution < 1.29 is 36.2 Å². The van der Waals surface area contributed by atoms with E-state index in [0.29, 0.717) is 35.4 Å². The lowest BCUT2D eigenvalue weighted by Gasteiger charge is -2.33. The number of nitrogens with two attached hydrogens (primary N) is 1. The molecule has 1 amide bonds. The molecular weight excluding hydrogens is 452 g/mol. The minimum atomic E-state index is -5.97. The first-order valence-electron chi connectivity index (χ1n) is 9.64. The van der Waals surface area contributed by atoms with Crippen molar-refractivity contribution in [3.63, 3.8) is 0 Å². The van der Waals surface area contributed by atoms with Gasteiger partial charge in [-0.25, -0.2) is 0 Å². The quantitative estimate of drug-likeness (QED) is 0.445. The van der Waals surface area contributed by atoms with Crippen LogP contribution in [-0.2, 0) is 23.4 Å². The maximum atomic E-state index is 13.1. The number of hydrogen-bond acceptors (Lipinski definition) is 4. The van der Waals surface area contributed by atoms with Gasteiger partial charge in [0.05, 0.1) is 6.54 Å². The third-order valence-electron chi connectivity index (χ3n) is 5.48. The van der Waals surface area contributed by atoms with Crippen molar-refractivity contribution in [2.24, 2.45) is 5.73 Å². The third-order valence-corrected chi connectivity index (χ3v) is 5.48. The summed E-state index contributed by atoms with van der Waals surface area (Å²) in [6.07, 6.45) is -9.01. The van der Waals surface area contributed by atoms with Gasteiger partial charge in [-0.2, -0.15) is 26.3 Å². The summed E-state index contributed by atoms with van der Waals surface area (Å²) in [4.78, 5) is 13.9. The first kappa shape index (κ1) is 24.3. The Kier molecular flexibility index (Phi) is 6.29. The Bertz CT molecular complexity index is 1080. The highest BCUT2D eigenvalue weighted by molar-refractivity contribution is 6.08. The molecule has 1 aliphatic rings. The lowest BCUT2D eigenvalue weighted by atomic mass is 9.91. The Balaban J connectivity index is 1.92. The van der Waals surface area contributed by atoms with E-state index in [9.17, 15) is 36.2 Å². The van der Waals surface area contributed by atoms with E-state index >= 15 is 0 Å². The van der Waals surface area contributed by atoms with Crippen molar-refractivity contribution in [3.05, 3.63) is 70.9 Å². The van der Waals surface area contributed by atoms with E-state index in [2.05, 4.69) is 0 Å². The first-order chi connectivity index (χ1) is 15.3. The van der Waals surface area contributed by atoms with Crippen molar-refractivity contribution in [3.8, 4) is 0 Å². The standard InChI is InChI=1S/C22H19F6N3O2/c23-21(24,25)20(33,22(26,27)28)17-5-1-13(2-6-17)12-31-18-7-3-14(16(10-29)11-30)9-15(18)4-8-19(31)32/h1-3,5-7,9-11,29,33H,4,8,12,30H2/b16-11+,29-10?. The molecule has 176 valence electrons. The number of nitrogens with zero attached hydrogens (tertiary/aromatic N) is 1. The van der Waals surface area contributed by atoms with Crippen LogP contribution in [0.25, 0.3) is 5.57 Å². The van der Waals surface area contributed by atoms with E-state index < -0.39 is 23.5 Å². The van der Waals surface area contributed by atoms with E-state index in [1.807, 2.05) is 0 Å². The van der Waals surface area contributed by atoms with Gasteiger partial charge in [0.25, 0.3) is 5.60 Å². The van der Waals surface area contributed by atoms with Gasteiger partial charge in [0.15, 0.2) is 0 Å². The van der Waals surface area contributed by atoms with Gasteiger partial charge in [0, 0.05) is 35.7 Å². The summed E-state index contributed by atoms with van der Waals surface area (Å²) in [5, 5.41) is 16.9. The van der Waals surface area contributed by atoms with E-state index in [1.165, 1.54) is 11.1 Å². The molecule has 0 saturated carbocycles. The third kappa shape index (κ3) is 4.32. The van der Waals surface area contributed by atoms with Gasteiger partial charge in [-0.05, 0) is 35.2 Å². The molecule has 0 unspecified atom stereocenters. The summed E-state index contributed by atoms with van der Waals surface area (Å²) >= 11 is 0. The summed E-state index contributed by atoms with van der Waals surface area (Å²) in [6, 6.07) is 8.21. The predicted octanol–water partition coefficient (Wildman–Crippen LogP) is 4.43. The largest absolute Gasteiger partial charge is 0.430 e. The SMILES string of the molecule is N=C/C(=C\N)c1ccc2c(c1)CCC(=O)N2Cc1ccc(C(O)(C(F)(F)F)C(F)(F)F)cc1. The molecule has 0 aliphatic carbocycles. The van der Waals surface area contributed by atoms with Crippen LogP contribution in [0.15, 0.2) is 48.7 Å². The van der Waals surface area contributed by atoms with Crippen LogP contribution in [-0.4, -0.2) is 29.6 Å². The minimum Gasteiger partial charge on any atom is -0.404 e. The summed E-state index contributed by atoms with van der Waals surface area (Å²) in [5.41, 5.74) is 1.87. The molecule has 5 nitrogen and oxygen atoms in total. The number of anilines is 1. The zero-order chi connectivity index (χ0) is 24.6. The number of amides is 1. The molecule has 0 radical (unpaired) electrons. The van der Waals surface area contributed by atoms with E-state index in [-0.39, 0.29) is 24.4 Å². The van der Waals surface area contributed by atoms with Crippen molar-refractivity contribution in [1.82, 2.24) is 0 Å². The smallest absolute Gasteiger partial charge is 0.404 e. The second-order valence-corrected chi connectivity index (χ2v) is 7.49. The number of fused-ring (bicyclic) bond motifs is 1. The van der Waals surface area contributed by atoms with Gasteiger partial charge in [0.2, 0.25) is 5.91 Å². The van der Waals surface area contributed by atoms with Crippen LogP contribution in [0.5, 0.6) is 0 Å². The van der Waals surface area contributed by atoms with Crippen LogP contribution in [0.2, 0.25) is 0 Å². The van der Waals surface area contributed by atoms with Crippen molar-refractivity contribution in [2.75, 3.05) is 4.90 Å². The predicted molar refractivity (Wildman–Crippen MR) is 109 cm³/mol. The molecule has 2 aromatic carbocycles. The number of nitrogens with one attached hydrogen (secondary N) is 1. The highest BCUT2D eigenvalue weighted by Crippen LogP contribution is 2.50. The van der Waals surface area contributed by atoms with Crippen LogP contribution in [0.3, 0.4) is 0 Å². The second kappa shape index (κ2) is 8.54. The molecule has 11 heteroatoms. The molecular formula is C22H19F6N3O2. The highest BCUT2D eigenvalue weighted by atomic mass is 19.4. The number of carbonyl (C=O) groups excluding carboxylic acids is 1. The molecule has 1 aliphatic heterocycles. The van der Waals surface area contributed by atoms with E-state index in [1.54, 1.807) is 18.2 Å². The fourth-order valence-corrected chi connectivity index (χ4v) is 3.66. The van der Waals surface area contributed by atoms with Crippen molar-refractivity contribution in [1.29, 1.82) is 5.41 Å². The number of halogens is 6. The van der Waals surface area contributed by atoms with Crippen LogP contribution in [0.4, 0.5) is 32.0 Å². The molecule has 0 saturated heterocycles. The number of aliphatic hydroxyl groups is 1. The molecule has 0 bridgehead atoms. The van der Waals surface area contributed by atoms with Crippen LogP contribution >= 0.6 is 0 Å². The summed E-state index contributed by atoms with van der Waals surface area (Å²) in [7, 11) is 0. The topological polar surface area (TPSA) is 90.4 Å². The van der Waals surface area contributed by atoms with Gasteiger partial charge in [-0.15, -0.1) is 0 Å². The minimum absolute atomic E-state index is 0.0912. The molecule has 0 atom stereocenters. The van der Waals surface area contributed by atoms with E-state index in [0.717, 1.165) is 23.9 Å². The molecule has 2 aromatic rings. The monoisotopic (exact) mass is 471 g/mol. The number of rotatable bonds is 5. The number of benzene rings is 2. The lowest BCUT2D eigenvalue weighted by molar-refractivity contribution is -0.376. The molecule has 0 aromatic heterocycles. The average Bonchev–Trinajstić information content (AvgIpc) is 2.75. The Hall–Kier alpha value is -3.34. The van der Waals surface area contributed by atoms with Crippen molar-refractivity contribution in [2.45, 2.75) is 37.3 Å². The number of aryl methyl sites for hydroxylation is 1. The number of hydrogen-bond donors (Lipinski definition) is 3. The van der Waals surface area contributed by atoms with Crippen LogP contribution in [0.1, 0.15) is 28.7 Å². The molecule has 4 N–H and O–H groups in total. The number of carbonyl (C=O) groups is 1. The van der Waals surface area contributed by atoms with Gasteiger partial charge >= 0.3 is 12.4 Å². The zero-order valence-corrected chi connectivity index (χ0v) is 17.0. The zero-order valence-electron chi connectivity index (χ0n) is 17.0. The van der Waals surface area contributed by atoms with Crippen molar-refractivity contribution >= 4 is 23.4 Å². The van der Waals surface area contributed by atoms with Gasteiger partial charge < -0.3 is 21.1 Å². The van der Waals surface area contributed by atoms with Crippen LogP contribution < -0.4 is 10.6 Å². The van der Waals surface area contributed by atoms with E-state index in [4.69, 9.17) is 11.1 Å². The lowest BCUT2D eigenvalue weighted by Crippen LogP contribution is -2.53. The van der Waals surface area contributed by atoms with Crippen LogP contribution in [0, 0.1) is 5.41 Å². The van der Waals surface area contributed by atoms with Gasteiger partial charge in [-0.1, -0.05) is 30.3 Å². The maximum absolute atomic E-state index is 13.1. The molecule has 0 spiro atoms. The number of alkyl halides is 6. The Labute approximate surface area is 184 Å². The Morgan fingerprint density at radius 2 is 1.64 bits per heavy atom. The Morgan fingerprint density at radius 1 is 1.03 bits per heavy atom.